The number of carbonyl (C=O) groups excluding carboxylic acids is 1. The number of halogens is 3. The van der Waals surface area contributed by atoms with Gasteiger partial charge in [-0.15, -0.1) is 0 Å². The smallest absolute Gasteiger partial charge is 0.196 e. The van der Waals surface area contributed by atoms with Crippen molar-refractivity contribution >= 4 is 17.4 Å². The van der Waals surface area contributed by atoms with Crippen molar-refractivity contribution in [1.82, 2.24) is 0 Å². The Kier molecular flexibility index (Phi) is 3.30. The van der Waals surface area contributed by atoms with Gasteiger partial charge in [-0.2, -0.15) is 0 Å². The van der Waals surface area contributed by atoms with Crippen molar-refractivity contribution in [2.45, 2.75) is 0 Å². The maximum absolute atomic E-state index is 13.0. The van der Waals surface area contributed by atoms with E-state index in [0.717, 1.165) is 18.2 Å². The van der Waals surface area contributed by atoms with Gasteiger partial charge in [-0.25, -0.2) is 8.78 Å². The molecule has 0 saturated carbocycles. The maximum Gasteiger partial charge on any atom is 0.196 e. The minimum absolute atomic E-state index is 0.0616. The van der Waals surface area contributed by atoms with Crippen LogP contribution in [0.2, 0.25) is 5.02 Å². The third-order valence-electron chi connectivity index (χ3n) is 2.39. The Bertz CT molecular complexity index is 626. The van der Waals surface area contributed by atoms with Crippen LogP contribution < -0.4 is 0 Å². The predicted octanol–water partition coefficient (Wildman–Crippen LogP) is 3.55. The summed E-state index contributed by atoms with van der Waals surface area (Å²) in [6, 6.07) is 6.71. The first-order valence-electron chi connectivity index (χ1n) is 4.97. The zero-order valence-corrected chi connectivity index (χ0v) is 9.71. The largest absolute Gasteiger partial charge is 0.507 e. The molecule has 0 amide bonds. The molecule has 92 valence electrons. The number of phenols is 1. The molecule has 5 heteroatoms. The third-order valence-corrected chi connectivity index (χ3v) is 2.62. The molecular weight excluding hydrogens is 262 g/mol. The number of hydrogen-bond acceptors (Lipinski definition) is 2. The summed E-state index contributed by atoms with van der Waals surface area (Å²) in [5.74, 6) is -3.06. The second-order valence-electron chi connectivity index (χ2n) is 3.62. The van der Waals surface area contributed by atoms with Crippen LogP contribution in [0.25, 0.3) is 0 Å². The van der Waals surface area contributed by atoms with Crippen molar-refractivity contribution in [2.24, 2.45) is 0 Å². The SMILES string of the molecule is O=C(c1ccc(F)c(F)c1)c1cc(Cl)ccc1O. The average Bonchev–Trinajstić information content (AvgIpc) is 2.35. The van der Waals surface area contributed by atoms with Gasteiger partial charge in [0.05, 0.1) is 5.56 Å². The standard InChI is InChI=1S/C13H7ClF2O2/c14-8-2-4-12(17)9(6-8)13(18)7-1-3-10(15)11(16)5-7/h1-6,17H. The van der Waals surface area contributed by atoms with Crippen LogP contribution in [0.15, 0.2) is 36.4 Å². The first-order valence-corrected chi connectivity index (χ1v) is 5.35. The molecule has 0 aliphatic heterocycles. The minimum atomic E-state index is -1.12. The Balaban J connectivity index is 2.47. The normalized spacial score (nSPS) is 10.4. The van der Waals surface area contributed by atoms with Gasteiger partial charge in [0.15, 0.2) is 17.4 Å². The summed E-state index contributed by atoms with van der Waals surface area (Å²) in [7, 11) is 0. The first kappa shape index (κ1) is 12.5. The number of carbonyl (C=O) groups is 1. The predicted molar refractivity (Wildman–Crippen MR) is 62.9 cm³/mol. The van der Waals surface area contributed by atoms with Crippen molar-refractivity contribution in [3.63, 3.8) is 0 Å². The van der Waals surface area contributed by atoms with E-state index in [1.807, 2.05) is 0 Å². The number of rotatable bonds is 2. The van der Waals surface area contributed by atoms with Crippen LogP contribution >= 0.6 is 11.6 Å². The van der Waals surface area contributed by atoms with Gasteiger partial charge >= 0.3 is 0 Å². The monoisotopic (exact) mass is 268 g/mol. The molecule has 1 N–H and O–H groups in total. The molecule has 0 spiro atoms. The number of aromatic hydroxyl groups is 1. The van der Waals surface area contributed by atoms with Crippen LogP contribution in [0.4, 0.5) is 8.78 Å². The van der Waals surface area contributed by atoms with Crippen LogP contribution in [-0.4, -0.2) is 10.9 Å². The molecule has 0 aromatic heterocycles. The highest BCUT2D eigenvalue weighted by Crippen LogP contribution is 2.24. The van der Waals surface area contributed by atoms with E-state index in [-0.39, 0.29) is 21.9 Å². The summed E-state index contributed by atoms with van der Waals surface area (Å²) in [6.07, 6.45) is 0. The van der Waals surface area contributed by atoms with E-state index in [2.05, 4.69) is 0 Å². The quantitative estimate of drug-likeness (QED) is 0.846. The zero-order valence-electron chi connectivity index (χ0n) is 8.95. The van der Waals surface area contributed by atoms with Gasteiger partial charge in [0.1, 0.15) is 5.75 Å². The van der Waals surface area contributed by atoms with E-state index in [0.29, 0.717) is 0 Å². The molecule has 0 aliphatic carbocycles. The van der Waals surface area contributed by atoms with Crippen molar-refractivity contribution in [3.8, 4) is 5.75 Å². The number of ketones is 1. The van der Waals surface area contributed by atoms with E-state index < -0.39 is 17.4 Å². The molecule has 0 saturated heterocycles. The summed E-state index contributed by atoms with van der Waals surface area (Å²) in [4.78, 5) is 12.0. The lowest BCUT2D eigenvalue weighted by Gasteiger charge is -2.05. The van der Waals surface area contributed by atoms with E-state index in [4.69, 9.17) is 11.6 Å². The van der Waals surface area contributed by atoms with Gasteiger partial charge in [-0.05, 0) is 36.4 Å². The minimum Gasteiger partial charge on any atom is -0.507 e. The molecule has 2 aromatic carbocycles. The lowest BCUT2D eigenvalue weighted by atomic mass is 10.0. The fourth-order valence-electron chi connectivity index (χ4n) is 1.48. The average molecular weight is 269 g/mol. The van der Waals surface area contributed by atoms with E-state index >= 15 is 0 Å². The topological polar surface area (TPSA) is 37.3 Å². The fourth-order valence-corrected chi connectivity index (χ4v) is 1.66. The summed E-state index contributed by atoms with van der Waals surface area (Å²) in [5, 5.41) is 9.81. The summed E-state index contributed by atoms with van der Waals surface area (Å²) < 4.78 is 25.8. The highest BCUT2D eigenvalue weighted by atomic mass is 35.5. The molecule has 2 rings (SSSR count). The highest BCUT2D eigenvalue weighted by molar-refractivity contribution is 6.31. The van der Waals surface area contributed by atoms with Gasteiger partial charge < -0.3 is 5.11 Å². The van der Waals surface area contributed by atoms with Crippen molar-refractivity contribution in [3.05, 3.63) is 64.2 Å². The molecule has 0 radical (unpaired) electrons. The molecule has 0 bridgehead atoms. The van der Waals surface area contributed by atoms with Crippen LogP contribution in [0.1, 0.15) is 15.9 Å². The van der Waals surface area contributed by atoms with E-state index in [9.17, 15) is 18.7 Å². The molecule has 0 atom stereocenters. The first-order chi connectivity index (χ1) is 8.49. The molecule has 2 aromatic rings. The molecule has 0 aliphatic rings. The van der Waals surface area contributed by atoms with Crippen LogP contribution in [-0.2, 0) is 0 Å². The van der Waals surface area contributed by atoms with Gasteiger partial charge in [0, 0.05) is 10.6 Å². The Morgan fingerprint density at radius 2 is 1.78 bits per heavy atom. The molecule has 2 nitrogen and oxygen atoms in total. The van der Waals surface area contributed by atoms with Crippen LogP contribution in [0.3, 0.4) is 0 Å². The Hall–Kier alpha value is -1.94. The summed E-state index contributed by atoms with van der Waals surface area (Å²) >= 11 is 5.71. The lowest BCUT2D eigenvalue weighted by Crippen LogP contribution is -2.03. The van der Waals surface area contributed by atoms with Gasteiger partial charge in [-0.1, -0.05) is 11.6 Å². The van der Waals surface area contributed by atoms with Crippen LogP contribution in [0, 0.1) is 11.6 Å². The zero-order chi connectivity index (χ0) is 13.3. The summed E-state index contributed by atoms with van der Waals surface area (Å²) in [5.41, 5.74) is -0.125. The van der Waals surface area contributed by atoms with Crippen molar-refractivity contribution < 1.29 is 18.7 Å². The Labute approximate surface area is 106 Å². The lowest BCUT2D eigenvalue weighted by molar-refractivity contribution is 0.103. The summed E-state index contributed by atoms with van der Waals surface area (Å²) in [6.45, 7) is 0. The van der Waals surface area contributed by atoms with Gasteiger partial charge in [0.2, 0.25) is 0 Å². The molecular formula is C13H7ClF2O2. The highest BCUT2D eigenvalue weighted by Gasteiger charge is 2.15. The maximum atomic E-state index is 13.0. The van der Waals surface area contributed by atoms with E-state index in [1.54, 1.807) is 0 Å². The molecule has 0 unspecified atom stereocenters. The Morgan fingerprint density at radius 3 is 2.44 bits per heavy atom. The number of hydrogen-bond donors (Lipinski definition) is 1. The molecule has 18 heavy (non-hydrogen) atoms. The fraction of sp³-hybridized carbons (Fsp3) is 0. The van der Waals surface area contributed by atoms with Crippen LogP contribution in [0.5, 0.6) is 5.75 Å². The third kappa shape index (κ3) is 2.33. The molecule has 0 fully saturated rings. The second-order valence-corrected chi connectivity index (χ2v) is 4.06. The number of benzene rings is 2. The Morgan fingerprint density at radius 1 is 1.06 bits per heavy atom. The molecule has 0 heterocycles. The van der Waals surface area contributed by atoms with Gasteiger partial charge in [-0.3, -0.25) is 4.79 Å². The number of phenolic OH excluding ortho intramolecular Hbond substituents is 1. The van der Waals surface area contributed by atoms with Crippen molar-refractivity contribution in [2.75, 3.05) is 0 Å². The van der Waals surface area contributed by atoms with Gasteiger partial charge in [0.25, 0.3) is 0 Å². The van der Waals surface area contributed by atoms with E-state index in [1.165, 1.54) is 18.2 Å². The van der Waals surface area contributed by atoms with Crippen molar-refractivity contribution in [1.29, 1.82) is 0 Å². The second kappa shape index (κ2) is 4.74.